The van der Waals surface area contributed by atoms with Gasteiger partial charge in [-0.1, -0.05) is 46.1 Å². The maximum atomic E-state index is 13.3. The van der Waals surface area contributed by atoms with Gasteiger partial charge >= 0.3 is 5.97 Å². The fourth-order valence-corrected chi connectivity index (χ4v) is 5.84. The zero-order valence-corrected chi connectivity index (χ0v) is 26.3. The first-order valence-electron chi connectivity index (χ1n) is 15.5. The number of likely N-dealkylation sites (tertiary alicyclic amines) is 1. The van der Waals surface area contributed by atoms with Crippen LogP contribution in [0.4, 0.5) is 0 Å². The zero-order chi connectivity index (χ0) is 31.2. The van der Waals surface area contributed by atoms with Crippen LogP contribution in [0.3, 0.4) is 0 Å². The summed E-state index contributed by atoms with van der Waals surface area (Å²) in [5.41, 5.74) is 12.5. The zero-order valence-electron chi connectivity index (χ0n) is 26.3. The Morgan fingerprint density at radius 1 is 1.17 bits per heavy atom. The van der Waals surface area contributed by atoms with Crippen molar-refractivity contribution >= 4 is 17.8 Å². The van der Waals surface area contributed by atoms with Gasteiger partial charge in [0.25, 0.3) is 0 Å². The summed E-state index contributed by atoms with van der Waals surface area (Å²) in [6, 6.07) is 3.70. The number of unbranched alkanes of at least 4 members (excludes halogenated alkanes) is 2. The lowest BCUT2D eigenvalue weighted by molar-refractivity contribution is -0.148. The lowest BCUT2D eigenvalue weighted by Crippen LogP contribution is -2.35. The number of amides is 1. The van der Waals surface area contributed by atoms with Gasteiger partial charge in [0.05, 0.1) is 13.2 Å². The van der Waals surface area contributed by atoms with Crippen LogP contribution in [-0.2, 0) is 27.3 Å². The monoisotopic (exact) mass is 590 g/mol. The van der Waals surface area contributed by atoms with E-state index in [2.05, 4.69) is 25.8 Å². The summed E-state index contributed by atoms with van der Waals surface area (Å²) in [6.45, 7) is 8.57. The number of nitrogens with two attached hydrogens (primary N) is 2. The minimum absolute atomic E-state index is 0.0171. The number of phenols is 1. The fourth-order valence-electron chi connectivity index (χ4n) is 5.84. The van der Waals surface area contributed by atoms with Crippen LogP contribution in [0.2, 0.25) is 0 Å². The van der Waals surface area contributed by atoms with Crippen molar-refractivity contribution in [2.24, 2.45) is 28.3 Å². The summed E-state index contributed by atoms with van der Waals surface area (Å²) in [5.74, 6) is 0.691. The smallest absolute Gasteiger partial charge is 0.302 e. The molecular weight excluding hydrogens is 536 g/mol. The van der Waals surface area contributed by atoms with E-state index < -0.39 is 12.2 Å². The number of aliphatic imine (C=N–C) groups is 1. The molecular formula is C32H54N4O6. The normalized spacial score (nSPS) is 18.3. The Balaban J connectivity index is 2.23. The number of hydrogen-bond acceptors (Lipinski definition) is 7. The van der Waals surface area contributed by atoms with Crippen molar-refractivity contribution < 1.29 is 29.3 Å². The summed E-state index contributed by atoms with van der Waals surface area (Å²) < 4.78 is 11.0. The first-order valence-corrected chi connectivity index (χ1v) is 15.5. The Labute approximate surface area is 251 Å². The Morgan fingerprint density at radius 3 is 2.52 bits per heavy atom. The highest BCUT2D eigenvalue weighted by Crippen LogP contribution is 2.38. The molecule has 1 amide bonds. The van der Waals surface area contributed by atoms with Crippen molar-refractivity contribution in [3.05, 3.63) is 23.3 Å². The predicted molar refractivity (Wildman–Crippen MR) is 165 cm³/mol. The van der Waals surface area contributed by atoms with Crippen LogP contribution in [0, 0.1) is 11.8 Å². The molecule has 1 fully saturated rings. The molecule has 0 aliphatic carbocycles. The standard InChI is InChI=1S/C32H54N4O6/c1-6-7-8-9-26(38)19-27(42-22(4)37)12-11-23-16-25(31(40)29(17-23)41-5)20-36-28(13-10-21(2)3)24(18-30(36)39)14-15-35-32(33)34/h16-17,21,24,26-28,38,40H,6-15,18-20H2,1-5H3,(H4,33,34,35)/t24-,26+,27-,28+/m1/s1. The fraction of sp³-hybridized carbons (Fsp3) is 0.719. The molecule has 10 heteroatoms. The van der Waals surface area contributed by atoms with Crippen LogP contribution in [-0.4, -0.2) is 64.9 Å². The minimum Gasteiger partial charge on any atom is -0.504 e. The summed E-state index contributed by atoms with van der Waals surface area (Å²) in [5, 5.41) is 21.5. The topological polar surface area (TPSA) is 161 Å². The highest BCUT2D eigenvalue weighted by Gasteiger charge is 2.39. The second-order valence-electron chi connectivity index (χ2n) is 12.1. The summed E-state index contributed by atoms with van der Waals surface area (Å²) in [4.78, 5) is 31.0. The Hall–Kier alpha value is -3.01. The first-order chi connectivity index (χ1) is 19.9. The number of ether oxygens (including phenoxy) is 2. The molecule has 0 saturated carbocycles. The number of esters is 1. The third-order valence-corrected chi connectivity index (χ3v) is 8.07. The van der Waals surface area contributed by atoms with E-state index in [0.717, 1.165) is 37.7 Å². The van der Waals surface area contributed by atoms with Gasteiger partial charge in [-0.25, -0.2) is 0 Å². The summed E-state index contributed by atoms with van der Waals surface area (Å²) in [6.07, 6.45) is 7.21. The number of phenolic OH excluding ortho intramolecular Hbond substituents is 1. The predicted octanol–water partition coefficient (Wildman–Crippen LogP) is 4.41. The summed E-state index contributed by atoms with van der Waals surface area (Å²) >= 11 is 0. The van der Waals surface area contributed by atoms with Crippen LogP contribution in [0.1, 0.15) is 103 Å². The van der Waals surface area contributed by atoms with Crippen molar-refractivity contribution in [1.29, 1.82) is 0 Å². The van der Waals surface area contributed by atoms with Gasteiger partial charge in [0, 0.05) is 44.5 Å². The number of methoxy groups -OCH3 is 1. The Morgan fingerprint density at radius 2 is 1.90 bits per heavy atom. The van der Waals surface area contributed by atoms with Crippen molar-refractivity contribution in [3.63, 3.8) is 0 Å². The highest BCUT2D eigenvalue weighted by atomic mass is 16.5. The SMILES string of the molecule is CCCCC[C@H](O)C[C@@H](CCc1cc(CN2C(=O)C[C@@H](CCN=C(N)N)[C@@H]2CCC(C)C)c(O)c(OC)c1)OC(C)=O. The third-order valence-electron chi connectivity index (χ3n) is 8.07. The molecule has 0 radical (unpaired) electrons. The van der Waals surface area contributed by atoms with Gasteiger partial charge in [-0.15, -0.1) is 0 Å². The molecule has 0 unspecified atom stereocenters. The van der Waals surface area contributed by atoms with Crippen LogP contribution in [0.15, 0.2) is 17.1 Å². The molecule has 6 N–H and O–H groups in total. The molecule has 4 atom stereocenters. The number of carbonyl (C=O) groups excluding carboxylic acids is 2. The maximum absolute atomic E-state index is 13.3. The van der Waals surface area contributed by atoms with Crippen molar-refractivity contribution in [2.75, 3.05) is 13.7 Å². The van der Waals surface area contributed by atoms with E-state index in [1.807, 2.05) is 11.0 Å². The molecule has 238 valence electrons. The van der Waals surface area contributed by atoms with Crippen LogP contribution >= 0.6 is 0 Å². The molecule has 0 aromatic heterocycles. The molecule has 1 aromatic carbocycles. The lowest BCUT2D eigenvalue weighted by atomic mass is 9.90. The number of hydrogen-bond donors (Lipinski definition) is 4. The van der Waals surface area contributed by atoms with Crippen molar-refractivity contribution in [1.82, 2.24) is 4.90 Å². The van der Waals surface area contributed by atoms with E-state index in [4.69, 9.17) is 20.9 Å². The molecule has 0 spiro atoms. The molecule has 1 aliphatic rings. The van der Waals surface area contributed by atoms with E-state index in [1.165, 1.54) is 14.0 Å². The van der Waals surface area contributed by atoms with Crippen LogP contribution in [0.5, 0.6) is 11.5 Å². The Kier molecular flexibility index (Phi) is 14.9. The van der Waals surface area contributed by atoms with Gasteiger partial charge in [-0.2, -0.15) is 0 Å². The van der Waals surface area contributed by atoms with Crippen molar-refractivity contribution in [3.8, 4) is 11.5 Å². The number of aliphatic hydroxyl groups is 1. The van der Waals surface area contributed by atoms with E-state index in [9.17, 15) is 19.8 Å². The first kappa shape index (κ1) is 35.2. The third kappa shape index (κ3) is 11.7. The number of nitrogens with zero attached hydrogens (tertiary/aromatic N) is 2. The van der Waals surface area contributed by atoms with E-state index in [0.29, 0.717) is 62.3 Å². The summed E-state index contributed by atoms with van der Waals surface area (Å²) in [7, 11) is 1.50. The molecule has 0 bridgehead atoms. The molecule has 1 aromatic rings. The Bertz CT molecular complexity index is 1030. The number of aromatic hydroxyl groups is 1. The van der Waals surface area contributed by atoms with Gasteiger partial charge in [0.1, 0.15) is 6.10 Å². The highest BCUT2D eigenvalue weighted by molar-refractivity contribution is 5.79. The van der Waals surface area contributed by atoms with E-state index >= 15 is 0 Å². The van der Waals surface area contributed by atoms with Gasteiger partial charge in [-0.05, 0) is 62.0 Å². The quantitative estimate of drug-likeness (QED) is 0.0797. The maximum Gasteiger partial charge on any atom is 0.302 e. The molecule has 10 nitrogen and oxygen atoms in total. The van der Waals surface area contributed by atoms with Gasteiger partial charge in [-0.3, -0.25) is 14.6 Å². The molecule has 1 aliphatic heterocycles. The molecule has 2 rings (SSSR count). The molecule has 1 saturated heterocycles. The second-order valence-corrected chi connectivity index (χ2v) is 12.1. The number of carbonyl (C=O) groups is 2. The number of benzene rings is 1. The number of rotatable bonds is 19. The van der Waals surface area contributed by atoms with Gasteiger partial charge in [0.15, 0.2) is 17.5 Å². The average Bonchev–Trinajstić information content (AvgIpc) is 3.20. The lowest BCUT2D eigenvalue weighted by Gasteiger charge is -2.29. The number of aryl methyl sites for hydroxylation is 1. The molecule has 1 heterocycles. The largest absolute Gasteiger partial charge is 0.504 e. The number of aliphatic hydroxyl groups excluding tert-OH is 1. The van der Waals surface area contributed by atoms with Gasteiger partial charge in [0.2, 0.25) is 5.91 Å². The second kappa shape index (κ2) is 17.8. The van der Waals surface area contributed by atoms with E-state index in [1.54, 1.807) is 6.07 Å². The minimum atomic E-state index is -0.533. The van der Waals surface area contributed by atoms with Crippen molar-refractivity contribution in [2.45, 2.75) is 123 Å². The van der Waals surface area contributed by atoms with Crippen LogP contribution < -0.4 is 16.2 Å². The van der Waals surface area contributed by atoms with E-state index in [-0.39, 0.29) is 42.1 Å². The average molecular weight is 591 g/mol. The van der Waals surface area contributed by atoms with Crippen LogP contribution in [0.25, 0.3) is 0 Å². The van der Waals surface area contributed by atoms with Gasteiger partial charge < -0.3 is 36.1 Å². The molecule has 42 heavy (non-hydrogen) atoms. The number of guanidine groups is 1.